The minimum atomic E-state index is -1.73. The number of carboxylic acid groups (broad SMARTS) is 1. The van der Waals surface area contributed by atoms with E-state index in [4.69, 9.17) is 17.2 Å². The molecular weight excluding hydrogens is 1240 g/mol. The number of aliphatic imine (C=N–C) groups is 1. The van der Waals surface area contributed by atoms with E-state index in [-0.39, 0.29) is 69.1 Å². The van der Waals surface area contributed by atoms with Crippen LogP contribution in [0.3, 0.4) is 0 Å². The van der Waals surface area contributed by atoms with Gasteiger partial charge < -0.3 is 106 Å². The highest BCUT2D eigenvalue weighted by Crippen LogP contribution is 2.22. The lowest BCUT2D eigenvalue weighted by atomic mass is 10.0. The SMILES string of the molecule is CC(C)[C@H](NC(=O)[C@H](C)NC(=O)CNC(=O)[C@@H]1CCCN1C(=O)[C@H](Cc1ccc(O)cc1)NC(=O)[C@H](C)NC(=O)[C@H](C)NC(=O)[C@H](Cc1c[nH]c2ccccc12)NC(=O)[C@@H](N)CO)C(=O)N[C@@H](CO)C(=O)N[C@@H](Cc1ccc(O)cc1)C(=O)N[C@@H](CCCN=C(N)N)C(=O)O. The summed E-state index contributed by atoms with van der Waals surface area (Å²) in [6, 6.07) is 3.38. The maximum absolute atomic E-state index is 14.5. The molecule has 0 aliphatic carbocycles. The van der Waals surface area contributed by atoms with Crippen molar-refractivity contribution >= 4 is 87.8 Å². The van der Waals surface area contributed by atoms with E-state index in [1.807, 2.05) is 18.2 Å². The lowest BCUT2D eigenvalue weighted by molar-refractivity contribution is -0.142. The van der Waals surface area contributed by atoms with Crippen LogP contribution in [-0.4, -0.2) is 212 Å². The van der Waals surface area contributed by atoms with Crippen LogP contribution >= 0.6 is 0 Å². The fourth-order valence-electron chi connectivity index (χ4n) is 10.0. The molecule has 0 saturated carbocycles. The number of carboxylic acids is 1. The average molecular weight is 1330 g/mol. The Morgan fingerprint density at radius 2 is 1.09 bits per heavy atom. The predicted octanol–water partition coefficient (Wildman–Crippen LogP) is -4.76. The predicted molar refractivity (Wildman–Crippen MR) is 342 cm³/mol. The van der Waals surface area contributed by atoms with Gasteiger partial charge in [0.25, 0.3) is 0 Å². The zero-order valence-electron chi connectivity index (χ0n) is 53.2. The number of para-hydroxylation sites is 1. The first-order valence-corrected chi connectivity index (χ1v) is 30.7. The number of benzene rings is 3. The molecule has 11 atom stereocenters. The van der Waals surface area contributed by atoms with Gasteiger partial charge in [0.2, 0.25) is 65.0 Å². The van der Waals surface area contributed by atoms with Crippen LogP contribution in [0, 0.1) is 5.92 Å². The number of aromatic amines is 1. The van der Waals surface area contributed by atoms with E-state index in [0.29, 0.717) is 23.1 Å². The monoisotopic (exact) mass is 1330 g/mol. The Kier molecular flexibility index (Phi) is 28.7. The second-order valence-corrected chi connectivity index (χ2v) is 23.3. The molecule has 0 radical (unpaired) electrons. The molecule has 1 aliphatic heterocycles. The number of aliphatic carboxylic acids is 1. The third-order valence-corrected chi connectivity index (χ3v) is 15.4. The molecule has 11 amide bonds. The van der Waals surface area contributed by atoms with Crippen molar-refractivity contribution in [1.82, 2.24) is 63.1 Å². The molecule has 2 heterocycles. The number of aromatic nitrogens is 1. The number of likely N-dealkylation sites (tertiary alicyclic amines) is 1. The summed E-state index contributed by atoms with van der Waals surface area (Å²) in [7, 11) is 0. The number of phenols is 2. The lowest BCUT2D eigenvalue weighted by Crippen LogP contribution is -2.60. The standard InChI is InChI=1S/C62H86N16O17/c1-31(2)50(59(92)76-47(30-80)57(90)74-44(24-35-14-18-38(81)19-15-35)56(89)72-43(61(94)95)12-8-22-66-62(64)65)77-53(86)32(3)69-49(83)28-68-58(91)48-13-9-23-78(48)60(93)46(25-36-16-20-39(82)21-17-36)75-52(85)34(5)70-51(84)33(4)71-55(88)45(73-54(87)41(63)29-79)26-37-27-67-42-11-7-6-10-40(37)42/h6-7,10-11,14-21,27,31-34,41,43-48,50,67,79-82H,8-9,12-13,22-26,28-30,63H2,1-5H3,(H,68,91)(H,69,83)(H,70,84)(H,71,88)(H,72,89)(H,73,87)(H,74,90)(H,75,85)(H,76,92)(H,77,86)(H,94,95)(H4,64,65,66)/t32-,33-,34-,41-,43-,44-,45-,46-,47-,48-,50-/m0/s1. The number of hydrogen-bond acceptors (Lipinski definition) is 18. The Balaban J connectivity index is 1.17. The number of H-pyrrole nitrogens is 1. The van der Waals surface area contributed by atoms with Crippen LogP contribution in [0.4, 0.5) is 0 Å². The highest BCUT2D eigenvalue weighted by Gasteiger charge is 2.40. The number of amides is 11. The number of aromatic hydroxyl groups is 2. The Morgan fingerprint density at radius 3 is 1.68 bits per heavy atom. The molecule has 0 bridgehead atoms. The fourth-order valence-corrected chi connectivity index (χ4v) is 10.0. The summed E-state index contributed by atoms with van der Waals surface area (Å²) in [6.45, 7) is 4.75. The van der Waals surface area contributed by atoms with Gasteiger partial charge in [0.05, 0.1) is 19.8 Å². The third-order valence-electron chi connectivity index (χ3n) is 15.4. The quantitative estimate of drug-likeness (QED) is 0.0117. The van der Waals surface area contributed by atoms with E-state index in [1.165, 1.54) is 74.2 Å². The van der Waals surface area contributed by atoms with Crippen molar-refractivity contribution in [1.29, 1.82) is 0 Å². The van der Waals surface area contributed by atoms with Gasteiger partial charge in [-0.25, -0.2) is 4.79 Å². The largest absolute Gasteiger partial charge is 0.508 e. The van der Waals surface area contributed by atoms with Crippen LogP contribution in [-0.2, 0) is 76.8 Å². The Morgan fingerprint density at radius 1 is 0.589 bits per heavy atom. The number of carbonyl (C=O) groups is 12. The minimum absolute atomic E-state index is 0.0403. The number of guanidine groups is 1. The van der Waals surface area contributed by atoms with Gasteiger partial charge in [-0.15, -0.1) is 0 Å². The summed E-state index contributed by atoms with van der Waals surface area (Å²) >= 11 is 0. The Bertz CT molecular complexity index is 3400. The smallest absolute Gasteiger partial charge is 0.326 e. The van der Waals surface area contributed by atoms with Crippen molar-refractivity contribution in [3.63, 3.8) is 0 Å². The zero-order valence-corrected chi connectivity index (χ0v) is 53.2. The number of rotatable bonds is 35. The minimum Gasteiger partial charge on any atom is -0.508 e. The molecule has 33 heteroatoms. The number of carbonyl (C=O) groups excluding carboxylic acids is 11. The van der Waals surface area contributed by atoms with Crippen LogP contribution < -0.4 is 70.4 Å². The summed E-state index contributed by atoms with van der Waals surface area (Å²) in [5, 5.41) is 74.9. The number of fused-ring (bicyclic) bond motifs is 1. The first kappa shape index (κ1) is 75.3. The molecule has 1 fully saturated rings. The van der Waals surface area contributed by atoms with E-state index in [0.717, 1.165) is 10.9 Å². The molecule has 1 aliphatic rings. The van der Waals surface area contributed by atoms with E-state index >= 15 is 0 Å². The highest BCUT2D eigenvalue weighted by atomic mass is 16.4. The maximum atomic E-state index is 14.5. The number of nitrogens with one attached hydrogen (secondary N) is 11. The van der Waals surface area contributed by atoms with Crippen molar-refractivity contribution < 1.29 is 83.1 Å². The van der Waals surface area contributed by atoms with Gasteiger partial charge in [-0.05, 0) is 99.4 Å². The highest BCUT2D eigenvalue weighted by molar-refractivity contribution is 5.99. The van der Waals surface area contributed by atoms with Crippen molar-refractivity contribution in [2.24, 2.45) is 28.1 Å². The van der Waals surface area contributed by atoms with Crippen molar-refractivity contribution in [2.75, 3.05) is 32.8 Å². The van der Waals surface area contributed by atoms with Gasteiger partial charge in [0.15, 0.2) is 5.96 Å². The molecule has 95 heavy (non-hydrogen) atoms. The first-order chi connectivity index (χ1) is 45.0. The van der Waals surface area contributed by atoms with Crippen molar-refractivity contribution in [2.45, 2.75) is 146 Å². The van der Waals surface area contributed by atoms with Gasteiger partial charge in [0, 0.05) is 49.5 Å². The summed E-state index contributed by atoms with van der Waals surface area (Å²) in [6.07, 6.45) is 1.74. The summed E-state index contributed by atoms with van der Waals surface area (Å²) < 4.78 is 0. The Hall–Kier alpha value is -10.4. The van der Waals surface area contributed by atoms with Crippen molar-refractivity contribution in [3.8, 4) is 11.5 Å². The molecule has 1 saturated heterocycles. The van der Waals surface area contributed by atoms with E-state index < -0.39 is 163 Å². The molecular formula is C62H86N16O17. The van der Waals surface area contributed by atoms with Crippen LogP contribution in [0.15, 0.2) is 84.0 Å². The van der Waals surface area contributed by atoms with Crippen LogP contribution in [0.5, 0.6) is 11.5 Å². The average Bonchev–Trinajstić information content (AvgIpc) is 1.82. The molecule has 4 aromatic rings. The van der Waals surface area contributed by atoms with Crippen molar-refractivity contribution in [3.05, 3.63) is 95.7 Å². The Labute approximate surface area is 546 Å². The number of nitrogens with zero attached hydrogens (tertiary/aromatic N) is 2. The topological polar surface area (TPSA) is 536 Å². The number of phenolic OH excluding ortho intramolecular Hbond substituents is 2. The molecule has 0 spiro atoms. The summed E-state index contributed by atoms with van der Waals surface area (Å²) in [5.41, 5.74) is 18.7. The molecule has 1 aromatic heterocycles. The van der Waals surface area contributed by atoms with E-state index in [2.05, 4.69) is 63.1 Å². The molecule has 22 N–H and O–H groups in total. The number of hydrogen-bond donors (Lipinski definition) is 19. The van der Waals surface area contributed by atoms with Crippen LogP contribution in [0.25, 0.3) is 10.9 Å². The molecule has 5 rings (SSSR count). The second kappa shape index (κ2) is 36.1. The van der Waals surface area contributed by atoms with Gasteiger partial charge in [-0.3, -0.25) is 57.7 Å². The normalized spacial score (nSPS) is 15.9. The molecule has 33 nitrogen and oxygen atoms in total. The third kappa shape index (κ3) is 23.0. The maximum Gasteiger partial charge on any atom is 0.326 e. The number of aliphatic hydroxyl groups excluding tert-OH is 2. The summed E-state index contributed by atoms with van der Waals surface area (Å²) in [5.74, 6) is -12.0. The number of aliphatic hydroxyl groups is 2. The van der Waals surface area contributed by atoms with Gasteiger partial charge in [0.1, 0.15) is 78.0 Å². The molecule has 0 unspecified atom stereocenters. The van der Waals surface area contributed by atoms with Gasteiger partial charge in [-0.2, -0.15) is 0 Å². The van der Waals surface area contributed by atoms with Crippen LogP contribution in [0.2, 0.25) is 0 Å². The first-order valence-electron chi connectivity index (χ1n) is 30.7. The molecule has 3 aromatic carbocycles. The summed E-state index contributed by atoms with van der Waals surface area (Å²) in [4.78, 5) is 170. The fraction of sp³-hybridized carbons (Fsp3) is 0.468. The zero-order chi connectivity index (χ0) is 70.2. The van der Waals surface area contributed by atoms with Gasteiger partial charge >= 0.3 is 5.97 Å². The van der Waals surface area contributed by atoms with E-state index in [1.54, 1.807) is 26.1 Å². The van der Waals surface area contributed by atoms with E-state index in [9.17, 15) is 83.1 Å². The van der Waals surface area contributed by atoms with Gasteiger partial charge in [-0.1, -0.05) is 56.3 Å². The van der Waals surface area contributed by atoms with Crippen LogP contribution in [0.1, 0.15) is 77.0 Å². The lowest BCUT2D eigenvalue weighted by Gasteiger charge is -2.30. The number of nitrogens with two attached hydrogens (primary N) is 3. The molecule has 516 valence electrons. The second-order valence-electron chi connectivity index (χ2n) is 23.3.